The third kappa shape index (κ3) is 5.48. The van der Waals surface area contributed by atoms with Crippen LogP contribution in [0.1, 0.15) is 47.2 Å². The number of ether oxygens (including phenoxy) is 5. The second-order valence-corrected chi connectivity index (χ2v) is 15.4. The van der Waals surface area contributed by atoms with Crippen LogP contribution in [0, 0.1) is 30.2 Å². The Morgan fingerprint density at radius 2 is 1.31 bits per heavy atom. The lowest BCUT2D eigenvalue weighted by molar-refractivity contribution is 0.122. The van der Waals surface area contributed by atoms with Crippen LogP contribution in [0.4, 0.5) is 23.2 Å². The second-order valence-electron chi connectivity index (χ2n) is 15.4. The van der Waals surface area contributed by atoms with Crippen LogP contribution in [-0.4, -0.2) is 47.6 Å². The van der Waals surface area contributed by atoms with Crippen molar-refractivity contribution in [2.75, 3.05) is 52.5 Å². The molecule has 9 rings (SSSR count). The summed E-state index contributed by atoms with van der Waals surface area (Å²) in [5.74, 6) is -3.64. The van der Waals surface area contributed by atoms with Crippen molar-refractivity contribution in [1.29, 1.82) is 0 Å². The predicted octanol–water partition coefficient (Wildman–Crippen LogP) is 10.9. The molecule has 0 aromatic heterocycles. The van der Waals surface area contributed by atoms with Crippen molar-refractivity contribution in [3.8, 4) is 45.3 Å². The molecule has 0 radical (unpaired) electrons. The van der Waals surface area contributed by atoms with Gasteiger partial charge in [-0.25, -0.2) is 17.6 Å². The molecule has 6 aromatic carbocycles. The Hall–Kier alpha value is -6.00. The molecule has 1 fully saturated rings. The van der Waals surface area contributed by atoms with Gasteiger partial charge in [0.05, 0.1) is 40.1 Å². The quantitative estimate of drug-likeness (QED) is 0.0912. The molecule has 1 unspecified atom stereocenters. The van der Waals surface area contributed by atoms with Gasteiger partial charge in [0.2, 0.25) is 0 Å². The van der Waals surface area contributed by atoms with Gasteiger partial charge in [-0.1, -0.05) is 56.3 Å². The van der Waals surface area contributed by atoms with E-state index in [1.54, 1.807) is 39.5 Å². The van der Waals surface area contributed by atoms with Crippen LogP contribution in [0.5, 0.6) is 23.0 Å². The number of anilines is 1. The summed E-state index contributed by atoms with van der Waals surface area (Å²) in [6.45, 7) is 8.14. The fourth-order valence-electron chi connectivity index (χ4n) is 9.03. The summed E-state index contributed by atoms with van der Waals surface area (Å²) in [4.78, 5) is 2.30. The molecule has 1 atom stereocenters. The highest BCUT2D eigenvalue weighted by molar-refractivity contribution is 6.10. The molecule has 296 valence electrons. The minimum atomic E-state index is -1.71. The number of benzene rings is 6. The number of morpholine rings is 1. The highest BCUT2D eigenvalue weighted by Gasteiger charge is 2.45. The molecule has 0 amide bonds. The molecule has 1 saturated heterocycles. The van der Waals surface area contributed by atoms with Crippen molar-refractivity contribution >= 4 is 22.5 Å². The standard InChI is InChI=1S/C48H41F4NO5/c1-26-42(49)39(44(51)45(52)43(26)50)27-7-16-32-36(23-27)47(2,3)41-33-17-18-48(29-10-14-31(54-4)15-11-29,28-8-12-30(13-9-28)53-19-21-57-22-20-53)58-46(33)35-25-38(56-6)37(55-5)24-34(35)40(32)41/h7-18,23-25H,19-22H2,1-6H3. The highest BCUT2D eigenvalue weighted by atomic mass is 19.2. The van der Waals surface area contributed by atoms with Crippen molar-refractivity contribution in [3.05, 3.63) is 142 Å². The van der Waals surface area contributed by atoms with Gasteiger partial charge in [-0.2, -0.15) is 0 Å². The minimum Gasteiger partial charge on any atom is -0.497 e. The monoisotopic (exact) mass is 787 g/mol. The maximum Gasteiger partial charge on any atom is 0.195 e. The van der Waals surface area contributed by atoms with Gasteiger partial charge in [0.25, 0.3) is 0 Å². The van der Waals surface area contributed by atoms with Crippen LogP contribution in [0.3, 0.4) is 0 Å². The van der Waals surface area contributed by atoms with E-state index in [9.17, 15) is 8.78 Å². The molecule has 0 N–H and O–H groups in total. The molecular formula is C48H41F4NO5. The van der Waals surface area contributed by atoms with Gasteiger partial charge in [0.1, 0.15) is 17.3 Å². The molecule has 0 bridgehead atoms. The summed E-state index contributed by atoms with van der Waals surface area (Å²) in [5.41, 5.74) is 4.15. The van der Waals surface area contributed by atoms with E-state index in [2.05, 4.69) is 41.3 Å². The lowest BCUT2D eigenvalue weighted by Gasteiger charge is -2.39. The van der Waals surface area contributed by atoms with E-state index >= 15 is 8.78 Å². The van der Waals surface area contributed by atoms with Crippen LogP contribution in [-0.2, 0) is 15.8 Å². The van der Waals surface area contributed by atoms with Crippen LogP contribution in [0.2, 0.25) is 0 Å². The summed E-state index contributed by atoms with van der Waals surface area (Å²) in [6, 6.07) is 25.1. The van der Waals surface area contributed by atoms with E-state index < -0.39 is 45.4 Å². The summed E-state index contributed by atoms with van der Waals surface area (Å²) in [5, 5.41) is 1.58. The Morgan fingerprint density at radius 1 is 0.672 bits per heavy atom. The number of rotatable bonds is 7. The van der Waals surface area contributed by atoms with Gasteiger partial charge < -0.3 is 28.6 Å². The van der Waals surface area contributed by atoms with Gasteiger partial charge in [-0.15, -0.1) is 0 Å². The Labute approximate surface area is 334 Å². The zero-order chi connectivity index (χ0) is 40.7. The van der Waals surface area contributed by atoms with Crippen molar-refractivity contribution in [3.63, 3.8) is 0 Å². The van der Waals surface area contributed by atoms with Gasteiger partial charge in [-0.3, -0.25) is 0 Å². The average molecular weight is 788 g/mol. The average Bonchev–Trinajstić information content (AvgIpc) is 3.50. The fourth-order valence-corrected chi connectivity index (χ4v) is 9.03. The van der Waals surface area contributed by atoms with Gasteiger partial charge in [0.15, 0.2) is 34.6 Å². The third-order valence-electron chi connectivity index (χ3n) is 12.1. The summed E-state index contributed by atoms with van der Waals surface area (Å²) < 4.78 is 90.4. The molecule has 1 aliphatic carbocycles. The first kappa shape index (κ1) is 37.6. The van der Waals surface area contributed by atoms with E-state index in [4.69, 9.17) is 23.7 Å². The number of hydrogen-bond acceptors (Lipinski definition) is 6. The van der Waals surface area contributed by atoms with Crippen molar-refractivity contribution in [2.45, 2.75) is 31.8 Å². The topological polar surface area (TPSA) is 49.4 Å². The van der Waals surface area contributed by atoms with E-state index in [0.29, 0.717) is 36.2 Å². The van der Waals surface area contributed by atoms with Gasteiger partial charge >= 0.3 is 0 Å². The van der Waals surface area contributed by atoms with Crippen molar-refractivity contribution in [1.82, 2.24) is 0 Å². The van der Waals surface area contributed by atoms with E-state index in [0.717, 1.165) is 75.4 Å². The molecule has 3 aliphatic rings. The fraction of sp³-hybridized carbons (Fsp3) is 0.250. The number of fused-ring (bicyclic) bond motifs is 8. The minimum absolute atomic E-state index is 0.0971. The number of halogens is 4. The molecule has 2 aliphatic heterocycles. The van der Waals surface area contributed by atoms with E-state index in [1.165, 1.54) is 0 Å². The Balaban J connectivity index is 1.28. The van der Waals surface area contributed by atoms with Gasteiger partial charge in [0, 0.05) is 51.8 Å². The summed E-state index contributed by atoms with van der Waals surface area (Å²) in [6.07, 6.45) is 4.17. The van der Waals surface area contributed by atoms with Crippen LogP contribution < -0.4 is 23.8 Å². The Bertz CT molecular complexity index is 2640. The number of hydrogen-bond donors (Lipinski definition) is 0. The van der Waals surface area contributed by atoms with Crippen LogP contribution in [0.25, 0.3) is 39.1 Å². The van der Waals surface area contributed by atoms with Crippen LogP contribution >= 0.6 is 0 Å². The maximum atomic E-state index is 15.6. The van der Waals surface area contributed by atoms with Crippen LogP contribution in [0.15, 0.2) is 84.9 Å². The zero-order valence-electron chi connectivity index (χ0n) is 33.0. The molecule has 6 aromatic rings. The largest absolute Gasteiger partial charge is 0.497 e. The molecular weight excluding hydrogens is 747 g/mol. The Kier molecular flexibility index (Phi) is 8.96. The molecule has 58 heavy (non-hydrogen) atoms. The first-order chi connectivity index (χ1) is 27.9. The lowest BCUT2D eigenvalue weighted by Crippen LogP contribution is -2.37. The zero-order valence-corrected chi connectivity index (χ0v) is 33.0. The SMILES string of the molecule is COc1ccc(C2(c3ccc(N4CCOCC4)cc3)C=Cc3c4c(c5cc(OC)c(OC)cc5c3O2)-c2ccc(-c3c(F)c(C)c(F)c(F)c3F)cc2C4(C)C)cc1. The molecule has 2 heterocycles. The first-order valence-corrected chi connectivity index (χ1v) is 19.1. The van der Waals surface area contributed by atoms with Crippen molar-refractivity contribution < 1.29 is 41.2 Å². The summed E-state index contributed by atoms with van der Waals surface area (Å²) >= 11 is 0. The summed E-state index contributed by atoms with van der Waals surface area (Å²) in [7, 11) is 4.79. The maximum absolute atomic E-state index is 15.6. The Morgan fingerprint density at radius 3 is 1.95 bits per heavy atom. The number of nitrogens with zero attached hydrogens (tertiary/aromatic N) is 1. The predicted molar refractivity (Wildman–Crippen MR) is 218 cm³/mol. The number of methoxy groups -OCH3 is 3. The first-order valence-electron chi connectivity index (χ1n) is 19.1. The molecule has 6 nitrogen and oxygen atoms in total. The normalized spacial score (nSPS) is 17.7. The van der Waals surface area contributed by atoms with E-state index in [1.807, 2.05) is 50.2 Å². The third-order valence-corrected chi connectivity index (χ3v) is 12.1. The molecule has 0 spiro atoms. The smallest absolute Gasteiger partial charge is 0.195 e. The van der Waals surface area contributed by atoms with Gasteiger partial charge in [-0.05, 0) is 88.7 Å². The van der Waals surface area contributed by atoms with Crippen molar-refractivity contribution in [2.24, 2.45) is 0 Å². The molecule has 10 heteroatoms. The lowest BCUT2D eigenvalue weighted by atomic mass is 9.76. The second kappa shape index (κ2) is 13.8. The highest BCUT2D eigenvalue weighted by Crippen LogP contribution is 2.59. The van der Waals surface area contributed by atoms with E-state index in [-0.39, 0.29) is 5.56 Å². The molecule has 0 saturated carbocycles.